The molecule has 0 spiro atoms. The van der Waals surface area contributed by atoms with Gasteiger partial charge in [0.2, 0.25) is 5.91 Å². The lowest BCUT2D eigenvalue weighted by atomic mass is 10.2. The van der Waals surface area contributed by atoms with Crippen molar-refractivity contribution in [3.8, 4) is 11.8 Å². The predicted octanol–water partition coefficient (Wildman–Crippen LogP) is 1.66. The second-order valence-corrected chi connectivity index (χ2v) is 5.38. The van der Waals surface area contributed by atoms with Gasteiger partial charge in [0, 0.05) is 25.2 Å². The van der Waals surface area contributed by atoms with E-state index in [1.807, 2.05) is 35.2 Å². The van der Waals surface area contributed by atoms with Gasteiger partial charge >= 0.3 is 0 Å². The van der Waals surface area contributed by atoms with Gasteiger partial charge in [0.1, 0.15) is 0 Å². The zero-order valence-electron chi connectivity index (χ0n) is 13.2. The summed E-state index contributed by atoms with van der Waals surface area (Å²) in [6.07, 6.45) is 1.35. The molecular formula is C18H24N2O2. The zero-order chi connectivity index (χ0) is 15.6. The van der Waals surface area contributed by atoms with Gasteiger partial charge in [-0.05, 0) is 18.6 Å². The second kappa shape index (κ2) is 9.24. The Bertz CT molecular complexity index is 513. The molecule has 0 bridgehead atoms. The average molecular weight is 300 g/mol. The van der Waals surface area contributed by atoms with E-state index in [1.54, 1.807) is 0 Å². The maximum absolute atomic E-state index is 12.4. The summed E-state index contributed by atoms with van der Waals surface area (Å²) in [6, 6.07) is 9.84. The van der Waals surface area contributed by atoms with Gasteiger partial charge in [-0.2, -0.15) is 0 Å². The van der Waals surface area contributed by atoms with Gasteiger partial charge in [-0.3, -0.25) is 4.79 Å². The van der Waals surface area contributed by atoms with Crippen LogP contribution in [0, 0.1) is 11.8 Å². The van der Waals surface area contributed by atoms with E-state index in [2.05, 4.69) is 24.1 Å². The largest absolute Gasteiger partial charge is 0.375 e. The highest BCUT2D eigenvalue weighted by atomic mass is 16.5. The molecule has 1 aliphatic heterocycles. The Kier molecular flexibility index (Phi) is 6.95. The first kappa shape index (κ1) is 16.5. The van der Waals surface area contributed by atoms with Gasteiger partial charge in [0.25, 0.3) is 0 Å². The molecule has 0 aliphatic carbocycles. The Morgan fingerprint density at radius 3 is 2.91 bits per heavy atom. The van der Waals surface area contributed by atoms with Crippen molar-refractivity contribution in [1.29, 1.82) is 0 Å². The van der Waals surface area contributed by atoms with E-state index in [-0.39, 0.29) is 12.0 Å². The van der Waals surface area contributed by atoms with Gasteiger partial charge in [-0.25, -0.2) is 0 Å². The smallest absolute Gasteiger partial charge is 0.226 e. The summed E-state index contributed by atoms with van der Waals surface area (Å²) < 4.78 is 5.60. The fourth-order valence-electron chi connectivity index (χ4n) is 2.40. The fourth-order valence-corrected chi connectivity index (χ4v) is 2.40. The van der Waals surface area contributed by atoms with E-state index >= 15 is 0 Å². The third-order valence-corrected chi connectivity index (χ3v) is 3.53. The van der Waals surface area contributed by atoms with Crippen molar-refractivity contribution in [2.75, 3.05) is 32.8 Å². The number of carbonyl (C=O) groups is 1. The second-order valence-electron chi connectivity index (χ2n) is 5.38. The molecule has 1 aromatic rings. The lowest BCUT2D eigenvalue weighted by Crippen LogP contribution is -2.42. The molecule has 0 aromatic heterocycles. The molecule has 1 aromatic carbocycles. The summed E-state index contributed by atoms with van der Waals surface area (Å²) in [7, 11) is 0. The maximum atomic E-state index is 12.4. The van der Waals surface area contributed by atoms with Gasteiger partial charge < -0.3 is 15.0 Å². The molecule has 1 atom stereocenters. The van der Waals surface area contributed by atoms with Crippen LogP contribution in [0.5, 0.6) is 0 Å². The quantitative estimate of drug-likeness (QED) is 0.841. The van der Waals surface area contributed by atoms with Gasteiger partial charge in [-0.15, -0.1) is 0 Å². The van der Waals surface area contributed by atoms with Crippen molar-refractivity contribution in [2.45, 2.75) is 25.9 Å². The van der Waals surface area contributed by atoms with Crippen LogP contribution in [-0.4, -0.2) is 49.7 Å². The molecular weight excluding hydrogens is 276 g/mol. The van der Waals surface area contributed by atoms with Crippen molar-refractivity contribution in [1.82, 2.24) is 10.2 Å². The molecule has 1 heterocycles. The van der Waals surface area contributed by atoms with Crippen LogP contribution in [-0.2, 0) is 9.53 Å². The number of amides is 1. The van der Waals surface area contributed by atoms with E-state index in [1.165, 1.54) is 0 Å². The van der Waals surface area contributed by atoms with Crippen LogP contribution in [0.15, 0.2) is 30.3 Å². The third kappa shape index (κ3) is 5.51. The number of rotatable bonds is 5. The molecule has 1 fully saturated rings. The molecule has 0 radical (unpaired) electrons. The average Bonchev–Trinajstić information content (AvgIpc) is 2.56. The Morgan fingerprint density at radius 1 is 1.41 bits per heavy atom. The number of hydrogen-bond acceptors (Lipinski definition) is 3. The molecule has 4 heteroatoms. The van der Waals surface area contributed by atoms with Crippen LogP contribution in [0.1, 0.15) is 25.3 Å². The normalized spacial score (nSPS) is 17.4. The fraction of sp³-hybridized carbons (Fsp3) is 0.500. The Balaban J connectivity index is 1.88. The molecule has 1 unspecified atom stereocenters. The third-order valence-electron chi connectivity index (χ3n) is 3.53. The molecule has 118 valence electrons. The summed E-state index contributed by atoms with van der Waals surface area (Å²) in [5.74, 6) is 6.33. The Hall–Kier alpha value is -1.83. The standard InChI is InChI=1S/C18H24N2O2/c1-2-11-20(12-6-9-16-7-4-3-5-8-16)18(21)14-17-15-19-10-13-22-17/h3-5,7-8,17,19H,2,10-15H2,1H3. The van der Waals surface area contributed by atoms with Crippen molar-refractivity contribution in [3.63, 3.8) is 0 Å². The first-order valence-corrected chi connectivity index (χ1v) is 7.93. The van der Waals surface area contributed by atoms with E-state index in [0.29, 0.717) is 19.6 Å². The number of nitrogens with one attached hydrogen (secondary N) is 1. The summed E-state index contributed by atoms with van der Waals surface area (Å²) in [5.41, 5.74) is 0.978. The van der Waals surface area contributed by atoms with Crippen molar-refractivity contribution in [3.05, 3.63) is 35.9 Å². The van der Waals surface area contributed by atoms with Gasteiger partial charge in [-0.1, -0.05) is 37.0 Å². The van der Waals surface area contributed by atoms with Crippen LogP contribution in [0.25, 0.3) is 0 Å². The summed E-state index contributed by atoms with van der Waals surface area (Å²) in [4.78, 5) is 14.2. The van der Waals surface area contributed by atoms with E-state index < -0.39 is 0 Å². The van der Waals surface area contributed by atoms with E-state index in [9.17, 15) is 4.79 Å². The SMILES string of the molecule is CCCN(CC#Cc1ccccc1)C(=O)CC1CNCCO1. The molecule has 1 saturated heterocycles. The molecule has 22 heavy (non-hydrogen) atoms. The maximum Gasteiger partial charge on any atom is 0.226 e. The van der Waals surface area contributed by atoms with Crippen LogP contribution in [0.4, 0.5) is 0 Å². The highest BCUT2D eigenvalue weighted by molar-refractivity contribution is 5.77. The summed E-state index contributed by atoms with van der Waals surface area (Å²) >= 11 is 0. The molecule has 2 rings (SSSR count). The van der Waals surface area contributed by atoms with Crippen LogP contribution < -0.4 is 5.32 Å². The number of carbonyl (C=O) groups excluding carboxylic acids is 1. The van der Waals surface area contributed by atoms with E-state index in [0.717, 1.165) is 31.6 Å². The first-order chi connectivity index (χ1) is 10.8. The minimum atomic E-state index is -0.0114. The Labute approximate surface area is 132 Å². The molecule has 4 nitrogen and oxygen atoms in total. The zero-order valence-corrected chi connectivity index (χ0v) is 13.2. The van der Waals surface area contributed by atoms with Crippen LogP contribution >= 0.6 is 0 Å². The number of morpholine rings is 1. The number of benzene rings is 1. The van der Waals surface area contributed by atoms with Crippen molar-refractivity contribution in [2.24, 2.45) is 0 Å². The molecule has 1 amide bonds. The van der Waals surface area contributed by atoms with Crippen molar-refractivity contribution >= 4 is 5.91 Å². The monoisotopic (exact) mass is 300 g/mol. The van der Waals surface area contributed by atoms with Crippen LogP contribution in [0.2, 0.25) is 0 Å². The number of ether oxygens (including phenoxy) is 1. The minimum Gasteiger partial charge on any atom is -0.375 e. The molecule has 1 aliphatic rings. The number of hydrogen-bond donors (Lipinski definition) is 1. The van der Waals surface area contributed by atoms with E-state index in [4.69, 9.17) is 4.74 Å². The summed E-state index contributed by atoms with van der Waals surface area (Å²) in [6.45, 7) is 5.58. The van der Waals surface area contributed by atoms with Crippen molar-refractivity contribution < 1.29 is 9.53 Å². The van der Waals surface area contributed by atoms with Crippen LogP contribution in [0.3, 0.4) is 0 Å². The topological polar surface area (TPSA) is 41.6 Å². The Morgan fingerprint density at radius 2 is 2.23 bits per heavy atom. The first-order valence-electron chi connectivity index (χ1n) is 7.93. The molecule has 0 saturated carbocycles. The highest BCUT2D eigenvalue weighted by Crippen LogP contribution is 2.06. The molecule has 1 N–H and O–H groups in total. The highest BCUT2D eigenvalue weighted by Gasteiger charge is 2.20. The van der Waals surface area contributed by atoms with Gasteiger partial charge in [0.05, 0.1) is 25.7 Å². The lowest BCUT2D eigenvalue weighted by molar-refractivity contribution is -0.134. The number of nitrogens with zero attached hydrogens (tertiary/aromatic N) is 1. The van der Waals surface area contributed by atoms with Gasteiger partial charge in [0.15, 0.2) is 0 Å². The summed E-state index contributed by atoms with van der Waals surface area (Å²) in [5, 5.41) is 3.25. The minimum absolute atomic E-state index is 0.0114. The lowest BCUT2D eigenvalue weighted by Gasteiger charge is -2.26. The predicted molar refractivity (Wildman–Crippen MR) is 87.4 cm³/mol.